The Balaban J connectivity index is 0.969. The molecule has 2 aliphatic heterocycles. The highest BCUT2D eigenvalue weighted by Gasteiger charge is 2.48. The second-order valence-corrected chi connectivity index (χ2v) is 25.0. The summed E-state index contributed by atoms with van der Waals surface area (Å²) in [5.74, 6) is 0.259. The van der Waals surface area contributed by atoms with Gasteiger partial charge in [0, 0.05) is 79.4 Å². The molecule has 0 spiro atoms. The summed E-state index contributed by atoms with van der Waals surface area (Å²) in [6.07, 6.45) is 0. The third-order valence-corrected chi connectivity index (χ3v) is 18.7. The normalized spacial score (nSPS) is 14.5. The summed E-state index contributed by atoms with van der Waals surface area (Å²) in [6.45, 7) is 13.6. The molecule has 4 aromatic heterocycles. The Hall–Kier alpha value is -7.64. The highest BCUT2D eigenvalue weighted by Crippen LogP contribution is 2.60. The van der Waals surface area contributed by atoms with Crippen LogP contribution in [0.15, 0.2) is 186 Å². The second-order valence-electron chi connectivity index (χ2n) is 22.8. The monoisotopic (exact) mass is 972 g/mol. The predicted octanol–water partition coefficient (Wildman–Crippen LogP) is 17.8. The lowest BCUT2D eigenvalue weighted by Crippen LogP contribution is -2.60. The summed E-state index contributed by atoms with van der Waals surface area (Å²) in [6, 6.07) is 69.3. The number of anilines is 2. The Kier molecular flexibility index (Phi) is 8.35. The van der Waals surface area contributed by atoms with Gasteiger partial charge in [-0.25, -0.2) is 0 Å². The molecule has 9 aromatic carbocycles. The van der Waals surface area contributed by atoms with Gasteiger partial charge >= 0.3 is 6.85 Å². The van der Waals surface area contributed by atoms with E-state index in [4.69, 9.17) is 4.42 Å². The van der Waals surface area contributed by atoms with Crippen molar-refractivity contribution in [1.82, 2.24) is 4.57 Å². The van der Waals surface area contributed by atoms with Gasteiger partial charge in [-0.05, 0) is 121 Å². The number of aromatic nitrogens is 1. The van der Waals surface area contributed by atoms with Crippen LogP contribution >= 0.6 is 22.7 Å². The second kappa shape index (κ2) is 14.5. The first kappa shape index (κ1) is 41.9. The van der Waals surface area contributed by atoms with Crippen LogP contribution in [0.5, 0.6) is 0 Å². The van der Waals surface area contributed by atoms with E-state index >= 15 is 0 Å². The number of furan rings is 1. The first-order valence-electron chi connectivity index (χ1n) is 25.7. The molecule has 0 N–H and O–H groups in total. The average Bonchev–Trinajstić information content (AvgIpc) is 3.60. The number of allylic oxidation sites excluding steroid dienone is 2. The standard InChI is InChI=1S/C67H49BN2OS2/c1-66(2,3)40-22-25-42(26-23-40)70-53-36-58-50(44-27-21-39(31-56(44)73-58)61-59(37-15-9-7-10-16-37)60(61)38-17-11-8-12-18-38)33-47(53)45-28-29-46-48-34-49-43-19-13-14-20-55(43)72-57(49)35-52(48)69-63(46)62(45)68(70)65-64(69)51-32-41(67(4,5)6)24-30-54(51)71-65/h7-36,61H,1-6H3. The molecule has 0 fully saturated rings. The minimum atomic E-state index is -0.224. The van der Waals surface area contributed by atoms with Gasteiger partial charge in [-0.3, -0.25) is 0 Å². The number of thiophene rings is 2. The molecule has 348 valence electrons. The summed E-state index contributed by atoms with van der Waals surface area (Å²) in [4.78, 5) is 2.63. The summed E-state index contributed by atoms with van der Waals surface area (Å²) in [5, 5.41) is 8.97. The Morgan fingerprint density at radius 2 is 1.11 bits per heavy atom. The van der Waals surface area contributed by atoms with Crippen LogP contribution < -0.4 is 15.9 Å². The highest BCUT2D eigenvalue weighted by molar-refractivity contribution is 7.26. The largest absolute Gasteiger partial charge is 0.466 e. The van der Waals surface area contributed by atoms with Crippen LogP contribution in [-0.2, 0) is 10.8 Å². The smallest absolute Gasteiger partial charge is 0.375 e. The zero-order valence-corrected chi connectivity index (χ0v) is 43.2. The van der Waals surface area contributed by atoms with Crippen LogP contribution in [0.2, 0.25) is 0 Å². The molecule has 16 rings (SSSR count). The topological polar surface area (TPSA) is 21.3 Å². The van der Waals surface area contributed by atoms with Crippen LogP contribution in [-0.4, -0.2) is 11.4 Å². The van der Waals surface area contributed by atoms with Crippen LogP contribution in [0.3, 0.4) is 0 Å². The van der Waals surface area contributed by atoms with Crippen molar-refractivity contribution >= 4 is 136 Å². The fourth-order valence-electron chi connectivity index (χ4n) is 12.9. The van der Waals surface area contributed by atoms with Gasteiger partial charge in [-0.2, -0.15) is 0 Å². The van der Waals surface area contributed by atoms with E-state index in [2.05, 4.69) is 233 Å². The van der Waals surface area contributed by atoms with E-state index < -0.39 is 0 Å². The van der Waals surface area contributed by atoms with E-state index in [-0.39, 0.29) is 23.6 Å². The first-order chi connectivity index (χ1) is 35.5. The first-order valence-corrected chi connectivity index (χ1v) is 27.3. The number of nitrogens with zero attached hydrogens (tertiary/aromatic N) is 2. The van der Waals surface area contributed by atoms with E-state index in [0.717, 1.165) is 28.0 Å². The lowest BCUT2D eigenvalue weighted by Gasteiger charge is -2.40. The summed E-state index contributed by atoms with van der Waals surface area (Å²) >= 11 is 3.81. The Labute approximate surface area is 432 Å². The van der Waals surface area contributed by atoms with E-state index in [1.54, 1.807) is 0 Å². The van der Waals surface area contributed by atoms with Crippen LogP contribution in [0.1, 0.15) is 75.3 Å². The Morgan fingerprint density at radius 3 is 1.85 bits per heavy atom. The van der Waals surface area contributed by atoms with Gasteiger partial charge in [0.15, 0.2) is 0 Å². The lowest BCUT2D eigenvalue weighted by molar-refractivity contribution is 0.590. The molecule has 3 aliphatic rings. The minimum absolute atomic E-state index is 0.0143. The quantitative estimate of drug-likeness (QED) is 0.164. The highest BCUT2D eigenvalue weighted by atomic mass is 32.1. The maximum Gasteiger partial charge on any atom is 0.375 e. The van der Waals surface area contributed by atoms with Gasteiger partial charge in [0.05, 0.1) is 16.7 Å². The lowest BCUT2D eigenvalue weighted by atomic mass is 9.46. The van der Waals surface area contributed by atoms with E-state index in [1.165, 1.54) is 123 Å². The van der Waals surface area contributed by atoms with E-state index in [1.807, 2.05) is 22.7 Å². The molecule has 0 saturated heterocycles. The predicted molar refractivity (Wildman–Crippen MR) is 315 cm³/mol. The van der Waals surface area contributed by atoms with Crippen molar-refractivity contribution < 1.29 is 4.42 Å². The summed E-state index contributed by atoms with van der Waals surface area (Å²) in [5.41, 5.74) is 21.2. The minimum Gasteiger partial charge on any atom is -0.466 e. The zero-order valence-electron chi connectivity index (χ0n) is 41.6. The van der Waals surface area contributed by atoms with Crippen molar-refractivity contribution in [1.29, 1.82) is 0 Å². The van der Waals surface area contributed by atoms with Crippen LogP contribution in [0.4, 0.5) is 11.4 Å². The van der Waals surface area contributed by atoms with Crippen molar-refractivity contribution in [3.05, 3.63) is 210 Å². The molecule has 1 aliphatic carbocycles. The third-order valence-electron chi connectivity index (χ3n) is 16.5. The molecule has 3 nitrogen and oxygen atoms in total. The molecular formula is C67H49BN2OS2. The number of rotatable bonds is 4. The number of hydrogen-bond donors (Lipinski definition) is 0. The maximum atomic E-state index is 7.43. The van der Waals surface area contributed by atoms with Crippen LogP contribution in [0, 0.1) is 0 Å². The van der Waals surface area contributed by atoms with Gasteiger partial charge < -0.3 is 13.8 Å². The molecular weight excluding hydrogens is 924 g/mol. The number of hydrogen-bond acceptors (Lipinski definition) is 4. The van der Waals surface area contributed by atoms with E-state index in [9.17, 15) is 0 Å². The molecule has 0 radical (unpaired) electrons. The molecule has 0 atom stereocenters. The van der Waals surface area contributed by atoms with Gasteiger partial charge in [-0.15, -0.1) is 22.7 Å². The van der Waals surface area contributed by atoms with Gasteiger partial charge in [0.2, 0.25) is 0 Å². The average molecular weight is 973 g/mol. The number of benzene rings is 9. The molecule has 6 heterocycles. The molecule has 0 saturated carbocycles. The van der Waals surface area contributed by atoms with E-state index in [0.29, 0.717) is 0 Å². The molecule has 0 bridgehead atoms. The Bertz CT molecular complexity index is 4520. The zero-order chi connectivity index (χ0) is 48.8. The van der Waals surface area contributed by atoms with Crippen molar-refractivity contribution in [2.24, 2.45) is 0 Å². The fraction of sp³-hybridized carbons (Fsp3) is 0.134. The summed E-state index contributed by atoms with van der Waals surface area (Å²) < 4.78 is 15.3. The third kappa shape index (κ3) is 5.88. The van der Waals surface area contributed by atoms with Crippen molar-refractivity contribution in [3.63, 3.8) is 0 Å². The Morgan fingerprint density at radius 1 is 0.479 bits per heavy atom. The fourth-order valence-corrected chi connectivity index (χ4v) is 15.2. The van der Waals surface area contributed by atoms with Crippen LogP contribution in [0.25, 0.3) is 101 Å². The summed E-state index contributed by atoms with van der Waals surface area (Å²) in [7, 11) is 0. The maximum absolute atomic E-state index is 7.43. The molecule has 0 unspecified atom stereocenters. The van der Waals surface area contributed by atoms with Crippen molar-refractivity contribution in [2.45, 2.75) is 58.3 Å². The molecule has 6 heteroatoms. The SMILES string of the molecule is CC(C)(C)c1ccc(N2B3c4oc5ccc(C(C)(C)C)cc5c4-n4c5cc6sc7ccccc7c6cc5c5ccc(c3c54)-c3cc4c(cc32)sc2cc(C3C(c5ccccc5)=C3c3ccccc3)ccc24)cc1. The molecule has 13 aromatic rings. The van der Waals surface area contributed by atoms with Crippen molar-refractivity contribution in [2.75, 3.05) is 4.81 Å². The van der Waals surface area contributed by atoms with Crippen molar-refractivity contribution in [3.8, 4) is 16.8 Å². The molecule has 73 heavy (non-hydrogen) atoms. The van der Waals surface area contributed by atoms with Gasteiger partial charge in [0.1, 0.15) is 11.2 Å². The number of fused-ring (bicyclic) bond motifs is 16. The molecule has 0 amide bonds. The van der Waals surface area contributed by atoms with Gasteiger partial charge in [-0.1, -0.05) is 163 Å². The van der Waals surface area contributed by atoms with Gasteiger partial charge in [0.25, 0.3) is 0 Å².